The lowest BCUT2D eigenvalue weighted by molar-refractivity contribution is 0.0534. The van der Waals surface area contributed by atoms with Crippen molar-refractivity contribution in [1.82, 2.24) is 5.32 Å². The Morgan fingerprint density at radius 3 is 2.70 bits per heavy atom. The van der Waals surface area contributed by atoms with Crippen LogP contribution in [0, 0.1) is 0 Å². The van der Waals surface area contributed by atoms with Gasteiger partial charge in [-0.2, -0.15) is 0 Å². The summed E-state index contributed by atoms with van der Waals surface area (Å²) < 4.78 is 11.4. The van der Waals surface area contributed by atoms with Gasteiger partial charge < -0.3 is 14.8 Å². The van der Waals surface area contributed by atoms with Gasteiger partial charge in [0.1, 0.15) is 11.4 Å². The number of methoxy groups -OCH3 is 1. The molecular weight excluding hydrogens is 322 g/mol. The van der Waals surface area contributed by atoms with Crippen molar-refractivity contribution in [3.63, 3.8) is 0 Å². The Bertz CT molecular complexity index is 492. The summed E-state index contributed by atoms with van der Waals surface area (Å²) in [6.07, 6.45) is 3.31. The molecule has 0 atom stereocenters. The summed E-state index contributed by atoms with van der Waals surface area (Å²) in [5, 5.41) is 2.66. The molecule has 0 aromatic heterocycles. The SMILES string of the molecule is COc1cc(Br)ccc1C=CCNC(=O)OC(C)(C)C. The normalized spacial score (nSPS) is 11.4. The maximum Gasteiger partial charge on any atom is 0.407 e. The molecule has 5 heteroatoms. The van der Waals surface area contributed by atoms with Crippen LogP contribution in [0.4, 0.5) is 4.79 Å². The molecule has 0 fully saturated rings. The second-order valence-electron chi connectivity index (χ2n) is 5.17. The van der Waals surface area contributed by atoms with E-state index >= 15 is 0 Å². The number of halogens is 1. The Morgan fingerprint density at radius 1 is 1.40 bits per heavy atom. The number of benzene rings is 1. The van der Waals surface area contributed by atoms with Crippen LogP contribution in [-0.4, -0.2) is 25.3 Å². The molecule has 1 amide bonds. The summed E-state index contributed by atoms with van der Waals surface area (Å²) in [5.74, 6) is 0.771. The minimum absolute atomic E-state index is 0.397. The van der Waals surface area contributed by atoms with E-state index in [1.54, 1.807) is 7.11 Å². The number of ether oxygens (including phenoxy) is 2. The first kappa shape index (κ1) is 16.6. The van der Waals surface area contributed by atoms with Crippen molar-refractivity contribution < 1.29 is 14.3 Å². The molecule has 1 aromatic rings. The molecule has 0 aliphatic heterocycles. The van der Waals surface area contributed by atoms with Gasteiger partial charge in [0, 0.05) is 16.6 Å². The first-order chi connectivity index (χ1) is 9.31. The molecule has 0 aliphatic rings. The third-order valence-electron chi connectivity index (χ3n) is 2.26. The number of carbonyl (C=O) groups is 1. The van der Waals surface area contributed by atoms with Crippen LogP contribution >= 0.6 is 15.9 Å². The highest BCUT2D eigenvalue weighted by Gasteiger charge is 2.14. The van der Waals surface area contributed by atoms with Gasteiger partial charge in [0.15, 0.2) is 0 Å². The second-order valence-corrected chi connectivity index (χ2v) is 6.09. The molecule has 0 aliphatic carbocycles. The predicted octanol–water partition coefficient (Wildman–Crippen LogP) is 4.00. The van der Waals surface area contributed by atoms with Crippen LogP contribution in [-0.2, 0) is 4.74 Å². The maximum absolute atomic E-state index is 11.4. The summed E-state index contributed by atoms with van der Waals surface area (Å²) in [6, 6.07) is 5.76. The first-order valence-electron chi connectivity index (χ1n) is 6.29. The third-order valence-corrected chi connectivity index (χ3v) is 2.75. The fraction of sp³-hybridized carbons (Fsp3) is 0.400. The smallest absolute Gasteiger partial charge is 0.407 e. The Hall–Kier alpha value is -1.49. The van der Waals surface area contributed by atoms with E-state index in [9.17, 15) is 4.79 Å². The van der Waals surface area contributed by atoms with Crippen LogP contribution in [0.2, 0.25) is 0 Å². The van der Waals surface area contributed by atoms with Crippen LogP contribution in [0.1, 0.15) is 26.3 Å². The van der Waals surface area contributed by atoms with Gasteiger partial charge in [0.25, 0.3) is 0 Å². The Labute approximate surface area is 128 Å². The van der Waals surface area contributed by atoms with Gasteiger partial charge in [-0.1, -0.05) is 34.1 Å². The van der Waals surface area contributed by atoms with Gasteiger partial charge in [0.05, 0.1) is 7.11 Å². The molecule has 0 saturated heterocycles. The van der Waals surface area contributed by atoms with Crippen molar-refractivity contribution in [2.24, 2.45) is 0 Å². The van der Waals surface area contributed by atoms with Gasteiger partial charge >= 0.3 is 6.09 Å². The molecule has 20 heavy (non-hydrogen) atoms. The largest absolute Gasteiger partial charge is 0.496 e. The summed E-state index contributed by atoms with van der Waals surface area (Å²) in [6.45, 7) is 5.88. The van der Waals surface area contributed by atoms with Crippen molar-refractivity contribution in [2.75, 3.05) is 13.7 Å². The highest BCUT2D eigenvalue weighted by atomic mass is 79.9. The Morgan fingerprint density at radius 2 is 2.10 bits per heavy atom. The van der Waals surface area contributed by atoms with Crippen LogP contribution in [0.5, 0.6) is 5.75 Å². The van der Waals surface area contributed by atoms with Crippen molar-refractivity contribution in [3.05, 3.63) is 34.3 Å². The second kappa shape index (κ2) is 7.33. The van der Waals surface area contributed by atoms with Gasteiger partial charge in [-0.05, 0) is 32.9 Å². The van der Waals surface area contributed by atoms with E-state index in [1.807, 2.05) is 51.1 Å². The van der Waals surface area contributed by atoms with Crippen LogP contribution in [0.25, 0.3) is 6.08 Å². The zero-order valence-corrected chi connectivity index (χ0v) is 13.8. The summed E-state index contributed by atoms with van der Waals surface area (Å²) in [7, 11) is 1.62. The minimum Gasteiger partial charge on any atom is -0.496 e. The molecular formula is C15H20BrNO3. The lowest BCUT2D eigenvalue weighted by Gasteiger charge is -2.19. The van der Waals surface area contributed by atoms with Crippen molar-refractivity contribution in [2.45, 2.75) is 26.4 Å². The van der Waals surface area contributed by atoms with Crippen LogP contribution < -0.4 is 10.1 Å². The molecule has 0 bridgehead atoms. The van der Waals surface area contributed by atoms with E-state index in [-0.39, 0.29) is 0 Å². The number of nitrogens with one attached hydrogen (secondary N) is 1. The maximum atomic E-state index is 11.4. The molecule has 1 rings (SSSR count). The fourth-order valence-corrected chi connectivity index (χ4v) is 1.81. The van der Waals surface area contributed by atoms with E-state index in [0.29, 0.717) is 6.54 Å². The molecule has 1 aromatic carbocycles. The zero-order valence-electron chi connectivity index (χ0n) is 12.2. The molecule has 110 valence electrons. The van der Waals surface area contributed by atoms with E-state index in [1.165, 1.54) is 0 Å². The number of hydrogen-bond donors (Lipinski definition) is 1. The molecule has 0 unspecified atom stereocenters. The fourth-order valence-electron chi connectivity index (χ4n) is 1.46. The lowest BCUT2D eigenvalue weighted by atomic mass is 10.2. The number of rotatable bonds is 4. The molecule has 0 saturated carbocycles. The Balaban J connectivity index is 2.52. The standard InChI is InChI=1S/C15H20BrNO3/c1-15(2,3)20-14(18)17-9-5-6-11-7-8-12(16)10-13(11)19-4/h5-8,10H,9H2,1-4H3,(H,17,18). The number of amides is 1. The highest BCUT2D eigenvalue weighted by Crippen LogP contribution is 2.24. The minimum atomic E-state index is -0.483. The van der Waals surface area contributed by atoms with E-state index in [0.717, 1.165) is 15.8 Å². The molecule has 4 nitrogen and oxygen atoms in total. The van der Waals surface area contributed by atoms with Gasteiger partial charge in [-0.3, -0.25) is 0 Å². The number of alkyl carbamates (subject to hydrolysis) is 1. The van der Waals surface area contributed by atoms with Crippen molar-refractivity contribution in [1.29, 1.82) is 0 Å². The summed E-state index contributed by atoms with van der Waals surface area (Å²) in [4.78, 5) is 11.4. The predicted molar refractivity (Wildman–Crippen MR) is 84.0 cm³/mol. The summed E-state index contributed by atoms with van der Waals surface area (Å²) in [5.41, 5.74) is 0.463. The van der Waals surface area contributed by atoms with E-state index in [2.05, 4.69) is 21.2 Å². The van der Waals surface area contributed by atoms with Crippen molar-refractivity contribution in [3.8, 4) is 5.75 Å². The van der Waals surface area contributed by atoms with Crippen molar-refractivity contribution >= 4 is 28.1 Å². The average Bonchev–Trinajstić information content (AvgIpc) is 2.33. The number of hydrogen-bond acceptors (Lipinski definition) is 3. The van der Waals surface area contributed by atoms with Crippen LogP contribution in [0.3, 0.4) is 0 Å². The van der Waals surface area contributed by atoms with Gasteiger partial charge in [-0.25, -0.2) is 4.79 Å². The average molecular weight is 342 g/mol. The molecule has 0 spiro atoms. The van der Waals surface area contributed by atoms with Gasteiger partial charge in [0.2, 0.25) is 0 Å². The monoisotopic (exact) mass is 341 g/mol. The lowest BCUT2D eigenvalue weighted by Crippen LogP contribution is -2.32. The molecule has 0 heterocycles. The number of carbonyl (C=O) groups excluding carboxylic acids is 1. The molecule has 1 N–H and O–H groups in total. The summed E-state index contributed by atoms with van der Waals surface area (Å²) >= 11 is 3.39. The quantitative estimate of drug-likeness (QED) is 0.900. The first-order valence-corrected chi connectivity index (χ1v) is 7.08. The third kappa shape index (κ3) is 6.10. The van der Waals surface area contributed by atoms with E-state index in [4.69, 9.17) is 9.47 Å². The Kier molecular flexibility index (Phi) is 6.07. The highest BCUT2D eigenvalue weighted by molar-refractivity contribution is 9.10. The van der Waals surface area contributed by atoms with Crippen LogP contribution in [0.15, 0.2) is 28.7 Å². The molecule has 0 radical (unpaired) electrons. The topological polar surface area (TPSA) is 47.6 Å². The zero-order chi connectivity index (χ0) is 15.2. The van der Waals surface area contributed by atoms with Gasteiger partial charge in [-0.15, -0.1) is 0 Å². The van der Waals surface area contributed by atoms with E-state index < -0.39 is 11.7 Å².